The van der Waals surface area contributed by atoms with Crippen LogP contribution in [0.2, 0.25) is 5.02 Å². The average Bonchev–Trinajstić information content (AvgIpc) is 2.81. The van der Waals surface area contributed by atoms with E-state index >= 15 is 0 Å². The maximum atomic E-state index is 5.96. The van der Waals surface area contributed by atoms with Crippen molar-refractivity contribution in [2.45, 2.75) is 24.9 Å². The van der Waals surface area contributed by atoms with Gasteiger partial charge in [0.1, 0.15) is 5.60 Å². The molecule has 2 aromatic rings. The molecule has 0 amide bonds. The van der Waals surface area contributed by atoms with E-state index < -0.39 is 5.60 Å². The van der Waals surface area contributed by atoms with Gasteiger partial charge in [-0.1, -0.05) is 16.8 Å². The highest BCUT2D eigenvalue weighted by Crippen LogP contribution is 2.43. The highest BCUT2D eigenvalue weighted by Gasteiger charge is 2.43. The van der Waals surface area contributed by atoms with Gasteiger partial charge < -0.3 is 15.0 Å². The summed E-state index contributed by atoms with van der Waals surface area (Å²) < 4.78 is 10.8. The zero-order chi connectivity index (χ0) is 13.5. The third-order valence-corrected chi connectivity index (χ3v) is 3.87. The first-order chi connectivity index (χ1) is 9.14. The second-order valence-corrected chi connectivity index (χ2v) is 5.14. The first-order valence-electron chi connectivity index (χ1n) is 6.09. The molecule has 3 rings (SSSR count). The Kier molecular flexibility index (Phi) is 2.95. The minimum absolute atomic E-state index is 0.373. The van der Waals surface area contributed by atoms with E-state index in [4.69, 9.17) is 26.6 Å². The van der Waals surface area contributed by atoms with Crippen molar-refractivity contribution in [1.82, 2.24) is 10.1 Å². The third-order valence-electron chi connectivity index (χ3n) is 3.63. The lowest BCUT2D eigenvalue weighted by Gasteiger charge is -2.37. The summed E-state index contributed by atoms with van der Waals surface area (Å²) in [5.41, 5.74) is 6.71. The molecule has 1 heterocycles. The number of ether oxygens (including phenoxy) is 1. The summed E-state index contributed by atoms with van der Waals surface area (Å²) in [6.07, 6.45) is 2.93. The molecule has 0 unspecified atom stereocenters. The smallest absolute Gasteiger partial charge is 0.260 e. The summed E-state index contributed by atoms with van der Waals surface area (Å²) in [5, 5.41) is 4.60. The Morgan fingerprint density at radius 1 is 1.42 bits per heavy atom. The average molecular weight is 280 g/mol. The number of nitrogens with zero attached hydrogens (tertiary/aromatic N) is 2. The van der Waals surface area contributed by atoms with Crippen LogP contribution in [0.4, 0.5) is 5.69 Å². The molecule has 2 N–H and O–H groups in total. The van der Waals surface area contributed by atoms with Crippen molar-refractivity contribution in [3.63, 3.8) is 0 Å². The van der Waals surface area contributed by atoms with Gasteiger partial charge in [0.15, 0.2) is 0 Å². The number of nitrogen functional groups attached to an aromatic ring is 1. The molecule has 1 fully saturated rings. The van der Waals surface area contributed by atoms with Crippen molar-refractivity contribution in [2.75, 3.05) is 12.8 Å². The lowest BCUT2D eigenvalue weighted by Crippen LogP contribution is -2.37. The van der Waals surface area contributed by atoms with E-state index in [1.165, 1.54) is 0 Å². The van der Waals surface area contributed by atoms with Crippen LogP contribution in [0.15, 0.2) is 22.7 Å². The molecule has 5 nitrogen and oxygen atoms in total. The van der Waals surface area contributed by atoms with Gasteiger partial charge in [-0.25, -0.2) is 0 Å². The number of anilines is 1. The van der Waals surface area contributed by atoms with Crippen LogP contribution in [0, 0.1) is 0 Å². The first-order valence-corrected chi connectivity index (χ1v) is 6.47. The maximum absolute atomic E-state index is 5.96. The van der Waals surface area contributed by atoms with Crippen LogP contribution in [-0.2, 0) is 10.3 Å². The molecular formula is C13H14ClN3O2. The van der Waals surface area contributed by atoms with Crippen molar-refractivity contribution in [2.24, 2.45) is 0 Å². The topological polar surface area (TPSA) is 74.2 Å². The van der Waals surface area contributed by atoms with Crippen molar-refractivity contribution >= 4 is 17.3 Å². The van der Waals surface area contributed by atoms with E-state index in [0.29, 0.717) is 28.0 Å². The predicted octanol–water partition coefficient (Wildman–Crippen LogP) is 3.00. The van der Waals surface area contributed by atoms with Crippen molar-refractivity contribution in [3.8, 4) is 11.5 Å². The molecule has 0 aliphatic heterocycles. The molecule has 0 radical (unpaired) electrons. The number of halogens is 1. The Morgan fingerprint density at radius 3 is 2.84 bits per heavy atom. The van der Waals surface area contributed by atoms with E-state index in [1.807, 2.05) is 0 Å². The molecule has 1 aromatic carbocycles. The summed E-state index contributed by atoms with van der Waals surface area (Å²) in [6.45, 7) is 0. The van der Waals surface area contributed by atoms with Gasteiger partial charge in [-0.2, -0.15) is 4.98 Å². The quantitative estimate of drug-likeness (QED) is 0.874. The molecule has 1 aliphatic carbocycles. The van der Waals surface area contributed by atoms with Gasteiger partial charge in [-0.15, -0.1) is 0 Å². The van der Waals surface area contributed by atoms with Crippen LogP contribution < -0.4 is 5.73 Å². The number of hydrogen-bond acceptors (Lipinski definition) is 5. The second kappa shape index (κ2) is 4.51. The van der Waals surface area contributed by atoms with E-state index in [-0.39, 0.29) is 0 Å². The Morgan fingerprint density at radius 2 is 2.21 bits per heavy atom. The summed E-state index contributed by atoms with van der Waals surface area (Å²) in [4.78, 5) is 4.41. The van der Waals surface area contributed by atoms with Gasteiger partial charge in [0.2, 0.25) is 5.82 Å². The minimum atomic E-state index is -0.394. The monoisotopic (exact) mass is 279 g/mol. The Bertz CT molecular complexity index is 602. The zero-order valence-electron chi connectivity index (χ0n) is 10.5. The Labute approximate surface area is 115 Å². The molecule has 0 spiro atoms. The van der Waals surface area contributed by atoms with Gasteiger partial charge in [0.05, 0.1) is 5.56 Å². The fourth-order valence-corrected chi connectivity index (χ4v) is 2.42. The molecule has 100 valence electrons. The zero-order valence-corrected chi connectivity index (χ0v) is 11.3. The van der Waals surface area contributed by atoms with Gasteiger partial charge in [-0.3, -0.25) is 0 Å². The molecule has 0 atom stereocenters. The first kappa shape index (κ1) is 12.4. The van der Waals surface area contributed by atoms with Crippen LogP contribution in [-0.4, -0.2) is 17.3 Å². The van der Waals surface area contributed by atoms with Crippen molar-refractivity contribution in [1.29, 1.82) is 0 Å². The normalized spacial score (nSPS) is 17.2. The molecular weight excluding hydrogens is 266 g/mol. The molecule has 1 aliphatic rings. The van der Waals surface area contributed by atoms with Crippen molar-refractivity contribution < 1.29 is 9.26 Å². The standard InChI is InChI=1S/C13H14ClN3O2/c1-18-13(5-2-6-13)12-16-11(19-17-12)9-7-8(14)3-4-10(9)15/h3-4,7H,2,5-6,15H2,1H3. The Balaban J connectivity index is 1.99. The van der Waals surface area contributed by atoms with Gasteiger partial charge in [0, 0.05) is 17.8 Å². The number of methoxy groups -OCH3 is 1. The van der Waals surface area contributed by atoms with E-state index in [1.54, 1.807) is 25.3 Å². The van der Waals surface area contributed by atoms with E-state index in [9.17, 15) is 0 Å². The summed E-state index contributed by atoms with van der Waals surface area (Å²) in [5.74, 6) is 0.953. The number of hydrogen-bond donors (Lipinski definition) is 1. The second-order valence-electron chi connectivity index (χ2n) is 4.71. The van der Waals surface area contributed by atoms with Crippen LogP contribution in [0.25, 0.3) is 11.5 Å². The highest BCUT2D eigenvalue weighted by molar-refractivity contribution is 6.31. The fourth-order valence-electron chi connectivity index (χ4n) is 2.25. The minimum Gasteiger partial charge on any atom is -0.398 e. The van der Waals surface area contributed by atoms with Crippen LogP contribution in [0.3, 0.4) is 0 Å². The van der Waals surface area contributed by atoms with Crippen LogP contribution in [0.5, 0.6) is 0 Å². The van der Waals surface area contributed by atoms with Gasteiger partial charge in [0.25, 0.3) is 5.89 Å². The SMILES string of the molecule is COC1(c2noc(-c3cc(Cl)ccc3N)n2)CCC1. The highest BCUT2D eigenvalue weighted by atomic mass is 35.5. The van der Waals surface area contributed by atoms with E-state index in [0.717, 1.165) is 19.3 Å². The molecule has 0 bridgehead atoms. The largest absolute Gasteiger partial charge is 0.398 e. The van der Waals surface area contributed by atoms with Gasteiger partial charge >= 0.3 is 0 Å². The van der Waals surface area contributed by atoms with Crippen LogP contribution in [0.1, 0.15) is 25.1 Å². The number of rotatable bonds is 3. The molecule has 0 saturated heterocycles. The van der Waals surface area contributed by atoms with Crippen molar-refractivity contribution in [3.05, 3.63) is 29.0 Å². The Hall–Kier alpha value is -1.59. The number of aromatic nitrogens is 2. The lowest BCUT2D eigenvalue weighted by atomic mass is 9.79. The third kappa shape index (κ3) is 1.99. The fraction of sp³-hybridized carbons (Fsp3) is 0.385. The maximum Gasteiger partial charge on any atom is 0.260 e. The summed E-state index contributed by atoms with van der Waals surface area (Å²) in [7, 11) is 1.67. The summed E-state index contributed by atoms with van der Waals surface area (Å²) in [6, 6.07) is 5.16. The molecule has 19 heavy (non-hydrogen) atoms. The number of nitrogens with two attached hydrogens (primary N) is 1. The molecule has 6 heteroatoms. The van der Waals surface area contributed by atoms with Gasteiger partial charge in [-0.05, 0) is 37.5 Å². The number of benzene rings is 1. The van der Waals surface area contributed by atoms with E-state index in [2.05, 4.69) is 10.1 Å². The molecule has 1 aromatic heterocycles. The lowest BCUT2D eigenvalue weighted by molar-refractivity contribution is -0.0858. The predicted molar refractivity (Wildman–Crippen MR) is 71.7 cm³/mol. The molecule has 1 saturated carbocycles. The van der Waals surface area contributed by atoms with Crippen LogP contribution >= 0.6 is 11.6 Å². The summed E-state index contributed by atoms with van der Waals surface area (Å²) >= 11 is 5.96.